The van der Waals surface area contributed by atoms with Crippen LogP contribution in [0.3, 0.4) is 0 Å². The number of benzene rings is 2. The number of aromatic nitrogens is 2. The third kappa shape index (κ3) is 4.16. The number of halogens is 1. The van der Waals surface area contributed by atoms with E-state index in [1.54, 1.807) is 0 Å². The number of aryl methyl sites for hydroxylation is 1. The molecule has 5 nitrogen and oxygen atoms in total. The molecule has 1 saturated heterocycles. The fourth-order valence-electron chi connectivity index (χ4n) is 3.24. The van der Waals surface area contributed by atoms with E-state index >= 15 is 0 Å². The van der Waals surface area contributed by atoms with E-state index in [1.165, 1.54) is 12.1 Å². The van der Waals surface area contributed by atoms with E-state index in [0.29, 0.717) is 0 Å². The van der Waals surface area contributed by atoms with Crippen molar-refractivity contribution in [2.24, 2.45) is 0 Å². The summed E-state index contributed by atoms with van der Waals surface area (Å²) in [6, 6.07) is 18.6. The molecular formula is C21H22FN5. The third-order valence-electron chi connectivity index (χ3n) is 4.64. The fraction of sp³-hybridized carbons (Fsp3) is 0.238. The minimum atomic E-state index is -0.205. The lowest BCUT2D eigenvalue weighted by Gasteiger charge is -2.36. The molecule has 0 radical (unpaired) electrons. The largest absolute Gasteiger partial charge is 0.368 e. The first-order valence-electron chi connectivity index (χ1n) is 9.10. The number of nitrogens with zero attached hydrogens (tertiary/aromatic N) is 4. The monoisotopic (exact) mass is 363 g/mol. The number of piperazine rings is 1. The van der Waals surface area contributed by atoms with E-state index in [-0.39, 0.29) is 5.82 Å². The average molecular weight is 363 g/mol. The summed E-state index contributed by atoms with van der Waals surface area (Å²) in [6.07, 6.45) is 0. The van der Waals surface area contributed by atoms with Gasteiger partial charge in [-0.25, -0.2) is 9.37 Å². The molecule has 1 aliphatic rings. The zero-order valence-corrected chi connectivity index (χ0v) is 15.3. The Morgan fingerprint density at radius 3 is 2.22 bits per heavy atom. The summed E-state index contributed by atoms with van der Waals surface area (Å²) in [7, 11) is 0. The van der Waals surface area contributed by atoms with E-state index in [0.717, 1.165) is 55.0 Å². The van der Waals surface area contributed by atoms with E-state index in [4.69, 9.17) is 4.98 Å². The van der Waals surface area contributed by atoms with Crippen molar-refractivity contribution < 1.29 is 4.39 Å². The topological polar surface area (TPSA) is 44.3 Å². The van der Waals surface area contributed by atoms with Gasteiger partial charge in [-0.2, -0.15) is 4.98 Å². The second-order valence-electron chi connectivity index (χ2n) is 6.64. The molecule has 1 aromatic heterocycles. The normalized spacial score (nSPS) is 14.3. The van der Waals surface area contributed by atoms with Crippen molar-refractivity contribution in [2.45, 2.75) is 6.92 Å². The van der Waals surface area contributed by atoms with Crippen LogP contribution in [-0.4, -0.2) is 36.1 Å². The van der Waals surface area contributed by atoms with Gasteiger partial charge in [-0.1, -0.05) is 18.2 Å². The van der Waals surface area contributed by atoms with E-state index in [9.17, 15) is 4.39 Å². The van der Waals surface area contributed by atoms with Crippen LogP contribution in [0.4, 0.5) is 27.5 Å². The highest BCUT2D eigenvalue weighted by Gasteiger charge is 2.20. The summed E-state index contributed by atoms with van der Waals surface area (Å²) >= 11 is 0. The first kappa shape index (κ1) is 17.3. The summed E-state index contributed by atoms with van der Waals surface area (Å²) in [5.41, 5.74) is 2.98. The SMILES string of the molecule is Cc1cc(Nc2ccccc2)nc(N2CCN(c3ccc(F)cc3)CC2)n1. The Hall–Kier alpha value is -3.15. The predicted molar refractivity (Wildman–Crippen MR) is 107 cm³/mol. The molecule has 0 atom stereocenters. The molecule has 1 N–H and O–H groups in total. The molecule has 0 unspecified atom stereocenters. The molecule has 0 saturated carbocycles. The second-order valence-corrected chi connectivity index (χ2v) is 6.64. The lowest BCUT2D eigenvalue weighted by molar-refractivity contribution is 0.623. The van der Waals surface area contributed by atoms with Crippen LogP contribution < -0.4 is 15.1 Å². The van der Waals surface area contributed by atoms with E-state index < -0.39 is 0 Å². The van der Waals surface area contributed by atoms with Gasteiger partial charge in [-0.3, -0.25) is 0 Å². The number of hydrogen-bond donors (Lipinski definition) is 1. The van der Waals surface area contributed by atoms with Gasteiger partial charge in [0.1, 0.15) is 11.6 Å². The van der Waals surface area contributed by atoms with Gasteiger partial charge in [0.2, 0.25) is 5.95 Å². The first-order chi connectivity index (χ1) is 13.2. The molecule has 1 aliphatic heterocycles. The molecule has 0 bridgehead atoms. The van der Waals surface area contributed by atoms with Crippen LogP contribution in [0.25, 0.3) is 0 Å². The van der Waals surface area contributed by atoms with Crippen molar-refractivity contribution >= 4 is 23.1 Å². The first-order valence-corrected chi connectivity index (χ1v) is 9.10. The highest BCUT2D eigenvalue weighted by molar-refractivity contribution is 5.58. The molecule has 3 aromatic rings. The van der Waals surface area contributed by atoms with Crippen molar-refractivity contribution in [3.05, 3.63) is 72.2 Å². The van der Waals surface area contributed by atoms with Crippen LogP contribution in [-0.2, 0) is 0 Å². The summed E-state index contributed by atoms with van der Waals surface area (Å²) in [5.74, 6) is 1.33. The summed E-state index contributed by atoms with van der Waals surface area (Å²) in [6.45, 7) is 5.34. The number of para-hydroxylation sites is 1. The maximum atomic E-state index is 13.1. The van der Waals surface area contributed by atoms with Gasteiger partial charge in [-0.05, 0) is 43.3 Å². The van der Waals surface area contributed by atoms with Crippen molar-refractivity contribution in [1.82, 2.24) is 9.97 Å². The molecule has 0 amide bonds. The number of rotatable bonds is 4. The Bertz CT molecular complexity index is 890. The Morgan fingerprint density at radius 1 is 0.852 bits per heavy atom. The van der Waals surface area contributed by atoms with E-state index in [2.05, 4.69) is 20.1 Å². The zero-order valence-electron chi connectivity index (χ0n) is 15.3. The molecule has 138 valence electrons. The quantitative estimate of drug-likeness (QED) is 0.759. The van der Waals surface area contributed by atoms with Crippen LogP contribution >= 0.6 is 0 Å². The van der Waals surface area contributed by atoms with Crippen molar-refractivity contribution in [1.29, 1.82) is 0 Å². The van der Waals surface area contributed by atoms with Gasteiger partial charge < -0.3 is 15.1 Å². The van der Waals surface area contributed by atoms with Crippen molar-refractivity contribution in [2.75, 3.05) is 41.3 Å². The van der Waals surface area contributed by atoms with Gasteiger partial charge in [0.25, 0.3) is 0 Å². The molecule has 0 aliphatic carbocycles. The number of nitrogens with one attached hydrogen (secondary N) is 1. The summed E-state index contributed by atoms with van der Waals surface area (Å²) < 4.78 is 13.1. The Kier molecular flexibility index (Phi) is 4.87. The Balaban J connectivity index is 1.45. The van der Waals surface area contributed by atoms with Crippen LogP contribution in [0, 0.1) is 12.7 Å². The Morgan fingerprint density at radius 2 is 1.52 bits per heavy atom. The molecular weight excluding hydrogens is 341 g/mol. The van der Waals surface area contributed by atoms with Gasteiger partial charge >= 0.3 is 0 Å². The third-order valence-corrected chi connectivity index (χ3v) is 4.64. The fourth-order valence-corrected chi connectivity index (χ4v) is 3.24. The van der Waals surface area contributed by atoms with Gasteiger partial charge in [0.15, 0.2) is 0 Å². The van der Waals surface area contributed by atoms with Crippen LogP contribution in [0.15, 0.2) is 60.7 Å². The molecule has 0 spiro atoms. The van der Waals surface area contributed by atoms with Crippen LogP contribution in [0.5, 0.6) is 0 Å². The van der Waals surface area contributed by atoms with Crippen LogP contribution in [0.2, 0.25) is 0 Å². The van der Waals surface area contributed by atoms with Gasteiger partial charge in [0.05, 0.1) is 0 Å². The highest BCUT2D eigenvalue weighted by atomic mass is 19.1. The van der Waals surface area contributed by atoms with Crippen molar-refractivity contribution in [3.8, 4) is 0 Å². The minimum absolute atomic E-state index is 0.205. The zero-order chi connectivity index (χ0) is 18.6. The smallest absolute Gasteiger partial charge is 0.227 e. The lowest BCUT2D eigenvalue weighted by atomic mass is 10.2. The molecule has 4 rings (SSSR count). The molecule has 2 aromatic carbocycles. The Labute approximate surface area is 158 Å². The van der Waals surface area contributed by atoms with Gasteiger partial charge in [0, 0.05) is 49.3 Å². The van der Waals surface area contributed by atoms with Crippen molar-refractivity contribution in [3.63, 3.8) is 0 Å². The maximum Gasteiger partial charge on any atom is 0.227 e. The summed E-state index contributed by atoms with van der Waals surface area (Å²) in [4.78, 5) is 13.8. The average Bonchev–Trinajstić information content (AvgIpc) is 2.69. The molecule has 2 heterocycles. The standard InChI is InChI=1S/C21H22FN5/c1-16-15-20(24-18-5-3-2-4-6-18)25-21(23-16)27-13-11-26(12-14-27)19-9-7-17(22)8-10-19/h2-10,15H,11-14H2,1H3,(H,23,24,25). The predicted octanol–water partition coefficient (Wildman–Crippen LogP) is 3.99. The molecule has 1 fully saturated rings. The molecule has 6 heteroatoms. The van der Waals surface area contributed by atoms with Crippen LogP contribution in [0.1, 0.15) is 5.69 Å². The minimum Gasteiger partial charge on any atom is -0.368 e. The second kappa shape index (κ2) is 7.61. The lowest BCUT2D eigenvalue weighted by Crippen LogP contribution is -2.47. The number of anilines is 4. The van der Waals surface area contributed by atoms with Gasteiger partial charge in [-0.15, -0.1) is 0 Å². The summed E-state index contributed by atoms with van der Waals surface area (Å²) in [5, 5.41) is 3.34. The number of hydrogen-bond acceptors (Lipinski definition) is 5. The molecule has 27 heavy (non-hydrogen) atoms. The van der Waals surface area contributed by atoms with E-state index in [1.807, 2.05) is 55.5 Å². The maximum absolute atomic E-state index is 13.1. The highest BCUT2D eigenvalue weighted by Crippen LogP contribution is 2.21.